The number of sulfonamides is 1. The third-order valence-electron chi connectivity index (χ3n) is 4.08. The summed E-state index contributed by atoms with van der Waals surface area (Å²) in [6, 6.07) is 8.94. The molecule has 1 aromatic heterocycles. The summed E-state index contributed by atoms with van der Waals surface area (Å²) in [4.78, 5) is 4.62. The lowest BCUT2D eigenvalue weighted by Crippen LogP contribution is -2.42. The molecule has 0 spiro atoms. The molecule has 1 aliphatic heterocycles. The normalized spacial score (nSPS) is 19.1. The highest BCUT2D eigenvalue weighted by Crippen LogP contribution is 2.27. The summed E-state index contributed by atoms with van der Waals surface area (Å²) in [5.41, 5.74) is 0.713. The van der Waals surface area contributed by atoms with Crippen molar-refractivity contribution < 1.29 is 8.42 Å². The SMILES string of the molecule is CCCN(C1CCNC1)S(=O)(=O)c1cccc2ncccc12. The topological polar surface area (TPSA) is 62.3 Å². The molecule has 118 valence electrons. The first-order chi connectivity index (χ1) is 10.6. The van der Waals surface area contributed by atoms with Crippen LogP contribution in [0.25, 0.3) is 10.9 Å². The molecule has 2 heterocycles. The fraction of sp³-hybridized carbons (Fsp3) is 0.438. The molecule has 5 nitrogen and oxygen atoms in total. The first-order valence-corrected chi connectivity index (χ1v) is 9.15. The van der Waals surface area contributed by atoms with Crippen LogP contribution in [0.4, 0.5) is 0 Å². The molecule has 0 saturated carbocycles. The molecule has 1 aliphatic rings. The molecule has 1 atom stereocenters. The van der Waals surface area contributed by atoms with Gasteiger partial charge in [-0.25, -0.2) is 8.42 Å². The van der Waals surface area contributed by atoms with E-state index in [1.54, 1.807) is 28.7 Å². The van der Waals surface area contributed by atoms with Gasteiger partial charge in [0.05, 0.1) is 10.4 Å². The highest BCUT2D eigenvalue weighted by atomic mass is 32.2. The van der Waals surface area contributed by atoms with E-state index < -0.39 is 10.0 Å². The molecular formula is C16H21N3O2S. The first kappa shape index (κ1) is 15.4. The van der Waals surface area contributed by atoms with Gasteiger partial charge in [0.25, 0.3) is 0 Å². The largest absolute Gasteiger partial charge is 0.315 e. The van der Waals surface area contributed by atoms with Gasteiger partial charge in [0.2, 0.25) is 10.0 Å². The Morgan fingerprint density at radius 2 is 2.18 bits per heavy atom. The molecule has 22 heavy (non-hydrogen) atoms. The van der Waals surface area contributed by atoms with Gasteiger partial charge in [-0.05, 0) is 43.7 Å². The summed E-state index contributed by atoms with van der Waals surface area (Å²) >= 11 is 0. The quantitative estimate of drug-likeness (QED) is 0.915. The average Bonchev–Trinajstić information content (AvgIpc) is 3.05. The highest BCUT2D eigenvalue weighted by molar-refractivity contribution is 7.89. The standard InChI is InChI=1S/C16H21N3O2S/c1-2-11-19(13-8-10-17-12-13)22(20,21)16-7-3-6-15-14(16)5-4-9-18-15/h3-7,9,13,17H,2,8,10-12H2,1H3. The van der Waals surface area contributed by atoms with Crippen molar-refractivity contribution in [1.82, 2.24) is 14.6 Å². The summed E-state index contributed by atoms with van der Waals surface area (Å²) < 4.78 is 28.0. The smallest absolute Gasteiger partial charge is 0.244 e. The third kappa shape index (κ3) is 2.74. The fourth-order valence-corrected chi connectivity index (χ4v) is 4.98. The number of fused-ring (bicyclic) bond motifs is 1. The van der Waals surface area contributed by atoms with E-state index in [4.69, 9.17) is 0 Å². The van der Waals surface area contributed by atoms with Crippen molar-refractivity contribution in [2.45, 2.75) is 30.7 Å². The average molecular weight is 319 g/mol. The van der Waals surface area contributed by atoms with Crippen molar-refractivity contribution in [3.63, 3.8) is 0 Å². The number of nitrogens with zero attached hydrogens (tertiary/aromatic N) is 2. The molecule has 1 aromatic carbocycles. The minimum absolute atomic E-state index is 0.0388. The van der Waals surface area contributed by atoms with Crippen molar-refractivity contribution in [2.24, 2.45) is 0 Å². The maximum atomic E-state index is 13.2. The Hall–Kier alpha value is -1.50. The maximum Gasteiger partial charge on any atom is 0.244 e. The lowest BCUT2D eigenvalue weighted by atomic mass is 10.2. The van der Waals surface area contributed by atoms with Crippen LogP contribution in [0, 0.1) is 0 Å². The van der Waals surface area contributed by atoms with Crippen LogP contribution >= 0.6 is 0 Å². The van der Waals surface area contributed by atoms with E-state index in [1.807, 2.05) is 19.1 Å². The van der Waals surface area contributed by atoms with E-state index >= 15 is 0 Å². The predicted molar refractivity (Wildman–Crippen MR) is 87.2 cm³/mol. The predicted octanol–water partition coefficient (Wildman–Crippen LogP) is 2.00. The number of hydrogen-bond donors (Lipinski definition) is 1. The van der Waals surface area contributed by atoms with Crippen LogP contribution in [0.5, 0.6) is 0 Å². The molecule has 0 amide bonds. The first-order valence-electron chi connectivity index (χ1n) is 7.71. The number of hydrogen-bond acceptors (Lipinski definition) is 4. The number of benzene rings is 1. The van der Waals surface area contributed by atoms with Gasteiger partial charge in [0.1, 0.15) is 0 Å². The van der Waals surface area contributed by atoms with Crippen molar-refractivity contribution in [2.75, 3.05) is 19.6 Å². The molecule has 1 fully saturated rings. The van der Waals surface area contributed by atoms with Crippen molar-refractivity contribution in [1.29, 1.82) is 0 Å². The van der Waals surface area contributed by atoms with E-state index in [0.717, 1.165) is 25.9 Å². The van der Waals surface area contributed by atoms with Crippen molar-refractivity contribution in [3.05, 3.63) is 36.5 Å². The van der Waals surface area contributed by atoms with Gasteiger partial charge in [-0.3, -0.25) is 4.98 Å². The van der Waals surface area contributed by atoms with Crippen LogP contribution in [0.2, 0.25) is 0 Å². The summed E-state index contributed by atoms with van der Waals surface area (Å²) in [6.07, 6.45) is 3.35. The van der Waals surface area contributed by atoms with Crippen LogP contribution in [0.15, 0.2) is 41.4 Å². The van der Waals surface area contributed by atoms with Gasteiger partial charge in [-0.2, -0.15) is 4.31 Å². The van der Waals surface area contributed by atoms with E-state index in [2.05, 4.69) is 10.3 Å². The lowest BCUT2D eigenvalue weighted by molar-refractivity contribution is 0.335. The monoisotopic (exact) mass is 319 g/mol. The van der Waals surface area contributed by atoms with Gasteiger partial charge in [0.15, 0.2) is 0 Å². The molecule has 3 rings (SSSR count). The fourth-order valence-electron chi connectivity index (χ4n) is 3.03. The van der Waals surface area contributed by atoms with E-state index in [9.17, 15) is 8.42 Å². The van der Waals surface area contributed by atoms with Crippen LogP contribution in [0.3, 0.4) is 0 Å². The zero-order valence-electron chi connectivity index (χ0n) is 12.7. The molecule has 1 saturated heterocycles. The van der Waals surface area contributed by atoms with Gasteiger partial charge >= 0.3 is 0 Å². The van der Waals surface area contributed by atoms with E-state index in [-0.39, 0.29) is 6.04 Å². The van der Waals surface area contributed by atoms with Gasteiger partial charge in [-0.1, -0.05) is 13.0 Å². The number of rotatable bonds is 5. The third-order valence-corrected chi connectivity index (χ3v) is 6.09. The second-order valence-electron chi connectivity index (χ2n) is 5.59. The molecule has 0 bridgehead atoms. The maximum absolute atomic E-state index is 13.2. The van der Waals surface area contributed by atoms with Crippen molar-refractivity contribution >= 4 is 20.9 Å². The molecule has 1 unspecified atom stereocenters. The van der Waals surface area contributed by atoms with E-state index in [0.29, 0.717) is 22.3 Å². The second kappa shape index (κ2) is 6.32. The molecule has 2 aromatic rings. The van der Waals surface area contributed by atoms with Crippen LogP contribution in [-0.2, 0) is 10.0 Å². The molecule has 6 heteroatoms. The van der Waals surface area contributed by atoms with E-state index in [1.165, 1.54) is 0 Å². The Balaban J connectivity index is 2.09. The number of pyridine rings is 1. The number of aromatic nitrogens is 1. The van der Waals surface area contributed by atoms with Gasteiger partial charge < -0.3 is 5.32 Å². The van der Waals surface area contributed by atoms with Crippen molar-refractivity contribution in [3.8, 4) is 0 Å². The summed E-state index contributed by atoms with van der Waals surface area (Å²) in [5, 5.41) is 3.95. The summed E-state index contributed by atoms with van der Waals surface area (Å²) in [5.74, 6) is 0. The molecular weight excluding hydrogens is 298 g/mol. The van der Waals surface area contributed by atoms with Gasteiger partial charge in [-0.15, -0.1) is 0 Å². The van der Waals surface area contributed by atoms with Gasteiger partial charge in [0, 0.05) is 30.7 Å². The highest BCUT2D eigenvalue weighted by Gasteiger charge is 2.33. The summed E-state index contributed by atoms with van der Waals surface area (Å²) in [6.45, 7) is 4.15. The zero-order chi connectivity index (χ0) is 15.6. The Bertz CT molecular complexity index is 750. The minimum Gasteiger partial charge on any atom is -0.315 e. The molecule has 0 radical (unpaired) electrons. The Labute approximate surface area is 131 Å². The Kier molecular flexibility index (Phi) is 4.42. The Morgan fingerprint density at radius 1 is 1.32 bits per heavy atom. The van der Waals surface area contributed by atoms with Crippen LogP contribution < -0.4 is 5.32 Å². The number of nitrogens with one attached hydrogen (secondary N) is 1. The second-order valence-corrected chi connectivity index (χ2v) is 7.45. The van der Waals surface area contributed by atoms with Crippen LogP contribution in [0.1, 0.15) is 19.8 Å². The Morgan fingerprint density at radius 3 is 2.91 bits per heavy atom. The zero-order valence-corrected chi connectivity index (χ0v) is 13.5. The molecule has 0 aliphatic carbocycles. The molecule has 1 N–H and O–H groups in total. The van der Waals surface area contributed by atoms with Crippen LogP contribution in [-0.4, -0.2) is 43.4 Å². The summed E-state index contributed by atoms with van der Waals surface area (Å²) in [7, 11) is -3.52. The lowest BCUT2D eigenvalue weighted by Gasteiger charge is -2.27. The minimum atomic E-state index is -3.52.